The van der Waals surface area contributed by atoms with Gasteiger partial charge in [0.05, 0.1) is 30.7 Å². The highest BCUT2D eigenvalue weighted by Crippen LogP contribution is 2.40. The van der Waals surface area contributed by atoms with Gasteiger partial charge in [0.2, 0.25) is 5.91 Å². The zero-order valence-electron chi connectivity index (χ0n) is 17.6. The second kappa shape index (κ2) is 8.27. The van der Waals surface area contributed by atoms with Crippen molar-refractivity contribution in [2.45, 2.75) is 18.6 Å². The fraction of sp³-hybridized carbons (Fsp3) is 0.478. The molecule has 2 aromatic rings. The van der Waals surface area contributed by atoms with Crippen molar-refractivity contribution in [1.29, 1.82) is 0 Å². The Kier molecular flexibility index (Phi) is 5.44. The number of ether oxygens (including phenoxy) is 1. The van der Waals surface area contributed by atoms with Crippen molar-refractivity contribution in [1.82, 2.24) is 9.88 Å². The Balaban J connectivity index is 1.49. The van der Waals surface area contributed by atoms with Crippen molar-refractivity contribution in [3.05, 3.63) is 53.7 Å². The van der Waals surface area contributed by atoms with Gasteiger partial charge >= 0.3 is 6.18 Å². The average molecular weight is 446 g/mol. The van der Waals surface area contributed by atoms with Gasteiger partial charge in [-0.2, -0.15) is 13.2 Å². The predicted octanol–water partition coefficient (Wildman–Crippen LogP) is 2.83. The van der Waals surface area contributed by atoms with Crippen LogP contribution in [0.15, 0.2) is 42.6 Å². The molecule has 0 N–H and O–H groups in total. The van der Waals surface area contributed by atoms with Crippen molar-refractivity contribution in [3.63, 3.8) is 0 Å². The minimum absolute atomic E-state index is 0.00534. The summed E-state index contributed by atoms with van der Waals surface area (Å²) < 4.78 is 45.5. The number of morpholine rings is 1. The van der Waals surface area contributed by atoms with Gasteiger partial charge < -0.3 is 19.4 Å². The maximum absolute atomic E-state index is 13.5. The number of carbonyl (C=O) groups is 1. The molecule has 6 nitrogen and oxygen atoms in total. The first-order valence-corrected chi connectivity index (χ1v) is 10.9. The van der Waals surface area contributed by atoms with Gasteiger partial charge in [0.15, 0.2) is 0 Å². The molecule has 2 fully saturated rings. The molecule has 32 heavy (non-hydrogen) atoms. The van der Waals surface area contributed by atoms with Crippen molar-refractivity contribution in [2.24, 2.45) is 5.92 Å². The van der Waals surface area contributed by atoms with Crippen molar-refractivity contribution in [2.75, 3.05) is 55.7 Å². The number of hydrogen-bond donors (Lipinski definition) is 0. The number of halogens is 3. The minimum atomic E-state index is -4.41. The number of carbonyl (C=O) groups excluding carboxylic acids is 1. The van der Waals surface area contributed by atoms with Crippen LogP contribution < -0.4 is 9.80 Å². The molecule has 170 valence electrons. The van der Waals surface area contributed by atoms with Crippen LogP contribution in [0, 0.1) is 5.92 Å². The summed E-state index contributed by atoms with van der Waals surface area (Å²) in [5.41, 5.74) is 0.725. The van der Waals surface area contributed by atoms with Crippen LogP contribution in [0.2, 0.25) is 0 Å². The number of nitrogens with zero attached hydrogens (tertiary/aromatic N) is 4. The molecular weight excluding hydrogens is 421 g/mol. The van der Waals surface area contributed by atoms with E-state index in [0.717, 1.165) is 17.6 Å². The maximum Gasteiger partial charge on any atom is 0.416 e. The van der Waals surface area contributed by atoms with E-state index in [1.165, 1.54) is 6.07 Å². The third-order valence-electron chi connectivity index (χ3n) is 6.65. The van der Waals surface area contributed by atoms with E-state index in [2.05, 4.69) is 14.8 Å². The molecule has 2 saturated heterocycles. The standard InChI is InChI=1S/C23H25F3N4O2/c24-23(25,26)17-4-5-19-16(13-17)14-18(22(31)28-9-11-32-12-10-28)20-15-29(7-8-30(19)20)21-3-1-2-6-27-21/h1-6,13,18,20H,7-12,14-15H2. The third-order valence-corrected chi connectivity index (χ3v) is 6.65. The number of pyridine rings is 1. The van der Waals surface area contributed by atoms with E-state index in [-0.39, 0.29) is 11.9 Å². The number of hydrogen-bond acceptors (Lipinski definition) is 5. The molecule has 2 atom stereocenters. The SMILES string of the molecule is O=C(C1Cc2cc(C(F)(F)F)ccc2N2CCN(c3ccccn3)CC12)N1CCOCC1. The van der Waals surface area contributed by atoms with E-state index in [9.17, 15) is 18.0 Å². The second-order valence-corrected chi connectivity index (χ2v) is 8.48. The molecule has 3 aliphatic rings. The molecule has 2 unspecified atom stereocenters. The molecule has 1 aromatic heterocycles. The Morgan fingerprint density at radius 1 is 1.06 bits per heavy atom. The highest BCUT2D eigenvalue weighted by molar-refractivity contribution is 5.82. The number of benzene rings is 1. The normalized spacial score (nSPS) is 23.5. The Bertz CT molecular complexity index is 979. The van der Waals surface area contributed by atoms with E-state index in [1.54, 1.807) is 17.2 Å². The number of aromatic nitrogens is 1. The van der Waals surface area contributed by atoms with E-state index in [4.69, 9.17) is 4.74 Å². The number of amides is 1. The first-order valence-electron chi connectivity index (χ1n) is 10.9. The molecule has 0 bridgehead atoms. The molecule has 4 heterocycles. The molecule has 3 aliphatic heterocycles. The summed E-state index contributed by atoms with van der Waals surface area (Å²) in [5.74, 6) is 0.424. The number of alkyl halides is 3. The summed E-state index contributed by atoms with van der Waals surface area (Å²) in [4.78, 5) is 24.1. The van der Waals surface area contributed by atoms with E-state index < -0.39 is 17.7 Å². The van der Waals surface area contributed by atoms with Gasteiger partial charge in [0, 0.05) is 44.6 Å². The third kappa shape index (κ3) is 3.90. The lowest BCUT2D eigenvalue weighted by atomic mass is 9.82. The lowest BCUT2D eigenvalue weighted by Crippen LogP contribution is -2.62. The van der Waals surface area contributed by atoms with Crippen LogP contribution in [0.4, 0.5) is 24.7 Å². The van der Waals surface area contributed by atoms with Gasteiger partial charge in [0.25, 0.3) is 0 Å². The van der Waals surface area contributed by atoms with Crippen LogP contribution in [0.25, 0.3) is 0 Å². The highest BCUT2D eigenvalue weighted by Gasteiger charge is 2.44. The smallest absolute Gasteiger partial charge is 0.378 e. The summed E-state index contributed by atoms with van der Waals surface area (Å²) in [6.45, 7) is 3.91. The van der Waals surface area contributed by atoms with Crippen LogP contribution in [-0.2, 0) is 22.1 Å². The molecule has 1 aromatic carbocycles. The minimum Gasteiger partial charge on any atom is -0.378 e. The largest absolute Gasteiger partial charge is 0.416 e. The van der Waals surface area contributed by atoms with Crippen LogP contribution in [0.3, 0.4) is 0 Å². The fourth-order valence-electron chi connectivity index (χ4n) is 5.05. The quantitative estimate of drug-likeness (QED) is 0.710. The Morgan fingerprint density at radius 3 is 2.59 bits per heavy atom. The monoisotopic (exact) mass is 446 g/mol. The molecule has 0 aliphatic carbocycles. The molecule has 9 heteroatoms. The summed E-state index contributed by atoms with van der Waals surface area (Å²) in [5, 5.41) is 0. The van der Waals surface area contributed by atoms with Crippen molar-refractivity contribution >= 4 is 17.4 Å². The van der Waals surface area contributed by atoms with E-state index >= 15 is 0 Å². The summed E-state index contributed by atoms with van der Waals surface area (Å²) in [6, 6.07) is 9.53. The van der Waals surface area contributed by atoms with Crippen LogP contribution in [0.5, 0.6) is 0 Å². The van der Waals surface area contributed by atoms with Crippen LogP contribution >= 0.6 is 0 Å². The van der Waals surface area contributed by atoms with Crippen LogP contribution in [0.1, 0.15) is 11.1 Å². The fourth-order valence-corrected chi connectivity index (χ4v) is 5.05. The Hall–Kier alpha value is -2.81. The van der Waals surface area contributed by atoms with Crippen LogP contribution in [-0.4, -0.2) is 67.8 Å². The van der Waals surface area contributed by atoms with E-state index in [0.29, 0.717) is 57.9 Å². The topological polar surface area (TPSA) is 48.9 Å². The summed E-state index contributed by atoms with van der Waals surface area (Å²) in [7, 11) is 0. The van der Waals surface area contributed by atoms with Gasteiger partial charge in [-0.25, -0.2) is 4.98 Å². The number of fused-ring (bicyclic) bond motifs is 3. The molecular formula is C23H25F3N4O2. The maximum atomic E-state index is 13.5. The lowest BCUT2D eigenvalue weighted by Gasteiger charge is -2.50. The van der Waals surface area contributed by atoms with Gasteiger partial charge in [-0.15, -0.1) is 0 Å². The molecule has 0 radical (unpaired) electrons. The van der Waals surface area contributed by atoms with Gasteiger partial charge in [-0.05, 0) is 42.3 Å². The van der Waals surface area contributed by atoms with Gasteiger partial charge in [-0.1, -0.05) is 6.07 Å². The number of piperazine rings is 1. The summed E-state index contributed by atoms with van der Waals surface area (Å²) in [6.07, 6.45) is -2.37. The number of anilines is 2. The van der Waals surface area contributed by atoms with Crippen molar-refractivity contribution < 1.29 is 22.7 Å². The molecule has 0 saturated carbocycles. The molecule has 5 rings (SSSR count). The lowest BCUT2D eigenvalue weighted by molar-refractivity contribution is -0.140. The Labute approximate surface area is 184 Å². The van der Waals surface area contributed by atoms with Gasteiger partial charge in [-0.3, -0.25) is 4.79 Å². The van der Waals surface area contributed by atoms with E-state index in [1.807, 2.05) is 18.2 Å². The molecule has 0 spiro atoms. The van der Waals surface area contributed by atoms with Gasteiger partial charge in [0.1, 0.15) is 5.82 Å². The highest BCUT2D eigenvalue weighted by atomic mass is 19.4. The summed E-state index contributed by atoms with van der Waals surface area (Å²) >= 11 is 0. The first-order chi connectivity index (χ1) is 15.4. The van der Waals surface area contributed by atoms with Crippen molar-refractivity contribution in [3.8, 4) is 0 Å². The number of rotatable bonds is 2. The zero-order chi connectivity index (χ0) is 22.3. The predicted molar refractivity (Wildman–Crippen MR) is 114 cm³/mol. The molecule has 1 amide bonds. The average Bonchev–Trinajstić information content (AvgIpc) is 2.83. The first kappa shape index (κ1) is 21.1. The second-order valence-electron chi connectivity index (χ2n) is 8.48. The zero-order valence-corrected chi connectivity index (χ0v) is 17.6. The Morgan fingerprint density at radius 2 is 1.88 bits per heavy atom.